The second kappa shape index (κ2) is 8.33. The molecule has 1 fully saturated rings. The van der Waals surface area contributed by atoms with Crippen LogP contribution in [0.1, 0.15) is 76.6 Å². The van der Waals surface area contributed by atoms with Crippen molar-refractivity contribution in [1.82, 2.24) is 5.32 Å². The lowest BCUT2D eigenvalue weighted by atomic mass is 9.62. The zero-order valence-corrected chi connectivity index (χ0v) is 21.0. The first kappa shape index (κ1) is 22.5. The van der Waals surface area contributed by atoms with Crippen LogP contribution in [0.5, 0.6) is 5.75 Å². The lowest BCUT2D eigenvalue weighted by Crippen LogP contribution is -2.34. The molecule has 1 N–H and O–H groups in total. The molecule has 0 bridgehead atoms. The maximum atomic E-state index is 6.28. The zero-order chi connectivity index (χ0) is 22.4. The molecule has 0 spiro atoms. The number of fused-ring (bicyclic) bond motifs is 1. The molecule has 2 aliphatic rings. The summed E-state index contributed by atoms with van der Waals surface area (Å²) in [5.74, 6) is 1.98. The maximum Gasteiger partial charge on any atom is 0.127 e. The second-order valence-electron chi connectivity index (χ2n) is 10.7. The highest BCUT2D eigenvalue weighted by Gasteiger charge is 2.37. The number of nitrogens with one attached hydrogen (secondary N) is 1. The average molecular weight is 436 g/mol. The van der Waals surface area contributed by atoms with Crippen molar-refractivity contribution in [2.24, 2.45) is 0 Å². The Balaban J connectivity index is 1.88. The van der Waals surface area contributed by atoms with Gasteiger partial charge in [0.2, 0.25) is 0 Å². The van der Waals surface area contributed by atoms with Gasteiger partial charge < -0.3 is 10.1 Å². The van der Waals surface area contributed by atoms with Gasteiger partial charge >= 0.3 is 0 Å². The molecule has 0 atom stereocenters. The van der Waals surface area contributed by atoms with Gasteiger partial charge in [-0.25, -0.2) is 0 Å². The number of ether oxygens (including phenoxy) is 1. The molecule has 1 saturated heterocycles. The summed E-state index contributed by atoms with van der Waals surface area (Å²) in [5.41, 5.74) is 8.52. The summed E-state index contributed by atoms with van der Waals surface area (Å²) in [6.45, 7) is 17.0. The Morgan fingerprint density at radius 2 is 1.65 bits per heavy atom. The highest BCUT2D eigenvalue weighted by Crippen LogP contribution is 2.48. The number of rotatable bonds is 4. The van der Waals surface area contributed by atoms with Gasteiger partial charge in [0.25, 0.3) is 0 Å². The van der Waals surface area contributed by atoms with Crippen LogP contribution in [0.4, 0.5) is 0 Å². The van der Waals surface area contributed by atoms with Crippen molar-refractivity contribution in [3.63, 3.8) is 0 Å². The number of hydrogen-bond donors (Lipinski definition) is 1. The average Bonchev–Trinajstić information content (AvgIpc) is 3.19. The standard InChI is InChI=1S/C28H37NOS/c1-18(2)30-26-9-8-20(13-21-16-29-17-31-21)14-23(26)22-15-25-24(12-19(22)3)27(4,5)10-11-28(25,6)7/h8-9,12-15,18,29H,10-11,16-17H2,1-7H3. The molecule has 3 heteroatoms. The van der Waals surface area contributed by atoms with Crippen LogP contribution < -0.4 is 10.1 Å². The molecule has 4 rings (SSSR count). The van der Waals surface area contributed by atoms with Gasteiger partial charge in [-0.15, -0.1) is 11.8 Å². The fourth-order valence-electron chi connectivity index (χ4n) is 4.86. The minimum atomic E-state index is 0.144. The van der Waals surface area contributed by atoms with E-state index in [1.165, 1.54) is 51.1 Å². The third-order valence-electron chi connectivity index (χ3n) is 6.84. The Morgan fingerprint density at radius 1 is 0.968 bits per heavy atom. The van der Waals surface area contributed by atoms with Gasteiger partial charge in [0.15, 0.2) is 0 Å². The Morgan fingerprint density at radius 3 is 2.26 bits per heavy atom. The first-order valence-electron chi connectivity index (χ1n) is 11.6. The highest BCUT2D eigenvalue weighted by molar-refractivity contribution is 8.03. The summed E-state index contributed by atoms with van der Waals surface area (Å²) in [5, 5.41) is 3.41. The number of hydrogen-bond acceptors (Lipinski definition) is 3. The molecule has 31 heavy (non-hydrogen) atoms. The topological polar surface area (TPSA) is 21.3 Å². The quantitative estimate of drug-likeness (QED) is 0.539. The van der Waals surface area contributed by atoms with E-state index < -0.39 is 0 Å². The largest absolute Gasteiger partial charge is 0.490 e. The minimum absolute atomic E-state index is 0.144. The van der Waals surface area contributed by atoms with Crippen LogP contribution in [0.3, 0.4) is 0 Å². The van der Waals surface area contributed by atoms with Crippen LogP contribution in [0.25, 0.3) is 17.2 Å². The smallest absolute Gasteiger partial charge is 0.127 e. The molecule has 2 aromatic carbocycles. The number of thioether (sulfide) groups is 1. The van der Waals surface area contributed by atoms with Crippen LogP contribution in [-0.2, 0) is 10.8 Å². The van der Waals surface area contributed by atoms with Crippen LogP contribution in [0.15, 0.2) is 35.2 Å². The van der Waals surface area contributed by atoms with Crippen LogP contribution >= 0.6 is 11.8 Å². The Hall–Kier alpha value is -1.71. The van der Waals surface area contributed by atoms with Crippen molar-refractivity contribution >= 4 is 17.8 Å². The minimum Gasteiger partial charge on any atom is -0.490 e. The predicted molar refractivity (Wildman–Crippen MR) is 136 cm³/mol. The van der Waals surface area contributed by atoms with Gasteiger partial charge in [-0.3, -0.25) is 0 Å². The van der Waals surface area contributed by atoms with Crippen LogP contribution in [-0.4, -0.2) is 18.5 Å². The van der Waals surface area contributed by atoms with E-state index in [2.05, 4.69) is 90.2 Å². The van der Waals surface area contributed by atoms with E-state index in [9.17, 15) is 0 Å². The van der Waals surface area contributed by atoms with Gasteiger partial charge in [-0.05, 0) is 96.5 Å². The molecule has 2 nitrogen and oxygen atoms in total. The second-order valence-corrected chi connectivity index (χ2v) is 11.8. The van der Waals surface area contributed by atoms with Crippen molar-refractivity contribution < 1.29 is 4.74 Å². The lowest BCUT2D eigenvalue weighted by Gasteiger charge is -2.42. The molecule has 0 unspecified atom stereocenters. The van der Waals surface area contributed by atoms with Crippen LogP contribution in [0, 0.1) is 6.92 Å². The van der Waals surface area contributed by atoms with Crippen molar-refractivity contribution in [2.45, 2.75) is 78.2 Å². The summed E-state index contributed by atoms with van der Waals surface area (Å²) in [6, 6.07) is 11.6. The zero-order valence-electron chi connectivity index (χ0n) is 20.2. The van der Waals surface area contributed by atoms with E-state index in [1.54, 1.807) is 0 Å². The molecule has 1 aliphatic carbocycles. The fraction of sp³-hybridized carbons (Fsp3) is 0.500. The van der Waals surface area contributed by atoms with Crippen molar-refractivity contribution in [2.75, 3.05) is 12.4 Å². The molecule has 1 aliphatic heterocycles. The molecule has 2 aromatic rings. The molecular formula is C28H37NOS. The van der Waals surface area contributed by atoms with Gasteiger partial charge in [0.05, 0.1) is 6.10 Å². The first-order chi connectivity index (χ1) is 14.6. The summed E-state index contributed by atoms with van der Waals surface area (Å²) < 4.78 is 6.28. The molecule has 1 heterocycles. The van der Waals surface area contributed by atoms with E-state index >= 15 is 0 Å². The highest BCUT2D eigenvalue weighted by atomic mass is 32.2. The first-order valence-corrected chi connectivity index (χ1v) is 12.6. The Bertz CT molecular complexity index is 1010. The molecule has 0 radical (unpaired) electrons. The summed E-state index contributed by atoms with van der Waals surface area (Å²) in [6.07, 6.45) is 4.92. The Labute approximate surface area is 192 Å². The monoisotopic (exact) mass is 435 g/mol. The summed E-state index contributed by atoms with van der Waals surface area (Å²) in [4.78, 5) is 1.40. The van der Waals surface area contributed by atoms with Crippen molar-refractivity contribution in [1.29, 1.82) is 0 Å². The van der Waals surface area contributed by atoms with E-state index in [-0.39, 0.29) is 16.9 Å². The van der Waals surface area contributed by atoms with Gasteiger partial charge in [-0.1, -0.05) is 39.8 Å². The fourth-order valence-corrected chi connectivity index (χ4v) is 5.68. The molecule has 0 amide bonds. The maximum absolute atomic E-state index is 6.28. The molecule has 0 aromatic heterocycles. The SMILES string of the molecule is Cc1cc2c(cc1-c1cc(C=C3CNCS3)ccc1OC(C)C)C(C)(C)CCC2(C)C. The summed E-state index contributed by atoms with van der Waals surface area (Å²) in [7, 11) is 0. The van der Waals surface area contributed by atoms with Gasteiger partial charge in [0, 0.05) is 22.9 Å². The Kier molecular flexibility index (Phi) is 6.04. The molecule has 166 valence electrons. The van der Waals surface area contributed by atoms with E-state index in [0.717, 1.165) is 18.2 Å². The molecule has 0 saturated carbocycles. The van der Waals surface area contributed by atoms with Gasteiger partial charge in [0.1, 0.15) is 5.75 Å². The van der Waals surface area contributed by atoms with Crippen molar-refractivity contribution in [3.8, 4) is 16.9 Å². The normalized spacial score (nSPS) is 20.8. The van der Waals surface area contributed by atoms with E-state index in [0.29, 0.717) is 0 Å². The van der Waals surface area contributed by atoms with Crippen molar-refractivity contribution in [3.05, 3.63) is 57.5 Å². The van der Waals surface area contributed by atoms with Crippen LogP contribution in [0.2, 0.25) is 0 Å². The summed E-state index contributed by atoms with van der Waals surface area (Å²) >= 11 is 1.89. The third-order valence-corrected chi connectivity index (χ3v) is 7.82. The third kappa shape index (κ3) is 4.59. The number of aryl methyl sites for hydroxylation is 1. The number of benzene rings is 2. The lowest BCUT2D eigenvalue weighted by molar-refractivity contribution is 0.243. The molecular weight excluding hydrogens is 398 g/mol. The predicted octanol–water partition coefficient (Wildman–Crippen LogP) is 7.43. The van der Waals surface area contributed by atoms with E-state index in [4.69, 9.17) is 4.74 Å². The van der Waals surface area contributed by atoms with Gasteiger partial charge in [-0.2, -0.15) is 0 Å². The van der Waals surface area contributed by atoms with E-state index in [1.807, 2.05) is 11.8 Å².